The lowest BCUT2D eigenvalue weighted by Crippen LogP contribution is -2.17. The lowest BCUT2D eigenvalue weighted by molar-refractivity contribution is -0.384. The van der Waals surface area contributed by atoms with Gasteiger partial charge in [0.15, 0.2) is 5.69 Å². The third kappa shape index (κ3) is 3.42. The molecule has 0 aliphatic heterocycles. The van der Waals surface area contributed by atoms with Crippen LogP contribution in [0.2, 0.25) is 0 Å². The Labute approximate surface area is 133 Å². The van der Waals surface area contributed by atoms with E-state index >= 15 is 0 Å². The molecule has 1 aromatic heterocycles. The molecule has 6 nitrogen and oxygen atoms in total. The Kier molecular flexibility index (Phi) is 4.47. The fourth-order valence-electron chi connectivity index (χ4n) is 1.51. The molecular weight excluding hydrogens is 391 g/mol. The fourth-order valence-corrected chi connectivity index (χ4v) is 2.56. The Morgan fingerprint density at radius 3 is 2.68 bits per heavy atom. The highest BCUT2D eigenvalue weighted by molar-refractivity contribution is 9.10. The predicted octanol–water partition coefficient (Wildman–Crippen LogP) is 4.08. The van der Waals surface area contributed by atoms with Crippen molar-refractivity contribution < 1.29 is 22.9 Å². The van der Waals surface area contributed by atoms with Gasteiger partial charge in [-0.1, -0.05) is 0 Å². The second-order valence-corrected chi connectivity index (χ2v) is 5.61. The Bertz CT molecular complexity index is 748. The van der Waals surface area contributed by atoms with Crippen LogP contribution in [0.15, 0.2) is 28.2 Å². The molecule has 2 aromatic rings. The van der Waals surface area contributed by atoms with E-state index in [2.05, 4.69) is 26.2 Å². The standard InChI is InChI=1S/C11H5BrF3N3O3S/c12-6-2-1-5(18(20)21)3-7(6)17-10(19)8-9(11(13,14)15)16-4-22-8/h1-4H,(H,17,19). The van der Waals surface area contributed by atoms with Crippen molar-refractivity contribution in [3.8, 4) is 0 Å². The summed E-state index contributed by atoms with van der Waals surface area (Å²) >= 11 is 3.59. The topological polar surface area (TPSA) is 85.1 Å². The van der Waals surface area contributed by atoms with Crippen LogP contribution in [-0.4, -0.2) is 15.8 Å². The van der Waals surface area contributed by atoms with Gasteiger partial charge in [-0.2, -0.15) is 13.2 Å². The average Bonchev–Trinajstić information content (AvgIpc) is 2.90. The van der Waals surface area contributed by atoms with Gasteiger partial charge in [0.1, 0.15) is 4.88 Å². The summed E-state index contributed by atoms with van der Waals surface area (Å²) < 4.78 is 38.4. The Balaban J connectivity index is 2.32. The van der Waals surface area contributed by atoms with Gasteiger partial charge in [-0.05, 0) is 22.0 Å². The van der Waals surface area contributed by atoms with Gasteiger partial charge in [-0.25, -0.2) is 4.98 Å². The van der Waals surface area contributed by atoms with Crippen LogP contribution in [-0.2, 0) is 6.18 Å². The van der Waals surface area contributed by atoms with E-state index in [0.29, 0.717) is 15.8 Å². The molecule has 1 heterocycles. The van der Waals surface area contributed by atoms with Gasteiger partial charge < -0.3 is 5.32 Å². The number of nitro benzene ring substituents is 1. The minimum Gasteiger partial charge on any atom is -0.320 e. The van der Waals surface area contributed by atoms with Crippen molar-refractivity contribution in [2.45, 2.75) is 6.18 Å². The second kappa shape index (κ2) is 6.01. The van der Waals surface area contributed by atoms with Crippen LogP contribution in [0.25, 0.3) is 0 Å². The van der Waals surface area contributed by atoms with Crippen molar-refractivity contribution in [2.24, 2.45) is 0 Å². The van der Waals surface area contributed by atoms with Crippen LogP contribution in [0.5, 0.6) is 0 Å². The van der Waals surface area contributed by atoms with Crippen LogP contribution < -0.4 is 5.32 Å². The average molecular weight is 396 g/mol. The van der Waals surface area contributed by atoms with Gasteiger partial charge in [0.25, 0.3) is 11.6 Å². The smallest absolute Gasteiger partial charge is 0.320 e. The largest absolute Gasteiger partial charge is 0.434 e. The number of halogens is 4. The van der Waals surface area contributed by atoms with E-state index in [1.54, 1.807) is 0 Å². The molecule has 0 saturated carbocycles. The van der Waals surface area contributed by atoms with Crippen LogP contribution in [0.4, 0.5) is 24.5 Å². The van der Waals surface area contributed by atoms with E-state index in [1.165, 1.54) is 12.1 Å². The van der Waals surface area contributed by atoms with Gasteiger partial charge in [0.05, 0.1) is 16.1 Å². The number of hydrogen-bond donors (Lipinski definition) is 1. The molecule has 0 saturated heterocycles. The highest BCUT2D eigenvalue weighted by atomic mass is 79.9. The molecule has 1 aromatic carbocycles. The number of nitro groups is 1. The van der Waals surface area contributed by atoms with Gasteiger partial charge >= 0.3 is 6.18 Å². The molecule has 0 aliphatic rings. The van der Waals surface area contributed by atoms with E-state index in [9.17, 15) is 28.1 Å². The van der Waals surface area contributed by atoms with E-state index in [0.717, 1.165) is 11.6 Å². The van der Waals surface area contributed by atoms with E-state index in [1.807, 2.05) is 0 Å². The number of carbonyl (C=O) groups is 1. The molecule has 0 radical (unpaired) electrons. The minimum atomic E-state index is -4.76. The van der Waals surface area contributed by atoms with Gasteiger partial charge in [-0.3, -0.25) is 14.9 Å². The number of nitrogens with one attached hydrogen (secondary N) is 1. The van der Waals surface area contributed by atoms with Crippen molar-refractivity contribution in [1.29, 1.82) is 0 Å². The fraction of sp³-hybridized carbons (Fsp3) is 0.0909. The molecule has 0 bridgehead atoms. The van der Waals surface area contributed by atoms with Crippen molar-refractivity contribution in [1.82, 2.24) is 4.98 Å². The molecular formula is C11H5BrF3N3O3S. The summed E-state index contributed by atoms with van der Waals surface area (Å²) in [5, 5.41) is 12.9. The number of alkyl halides is 3. The first kappa shape index (κ1) is 16.4. The number of anilines is 1. The highest BCUT2D eigenvalue weighted by Gasteiger charge is 2.38. The predicted molar refractivity (Wildman–Crippen MR) is 75.9 cm³/mol. The number of aromatic nitrogens is 1. The zero-order chi connectivity index (χ0) is 16.5. The van der Waals surface area contributed by atoms with Crippen molar-refractivity contribution >= 4 is 44.5 Å². The van der Waals surface area contributed by atoms with Crippen LogP contribution in [0.1, 0.15) is 15.4 Å². The molecule has 0 unspecified atom stereocenters. The highest BCUT2D eigenvalue weighted by Crippen LogP contribution is 2.34. The van der Waals surface area contributed by atoms with Gasteiger partial charge in [0.2, 0.25) is 0 Å². The number of nitrogens with zero attached hydrogens (tertiary/aromatic N) is 2. The summed E-state index contributed by atoms with van der Waals surface area (Å²) in [4.78, 5) is 24.5. The number of benzene rings is 1. The van der Waals surface area contributed by atoms with Crippen molar-refractivity contribution in [3.63, 3.8) is 0 Å². The summed E-state index contributed by atoms with van der Waals surface area (Å²) in [6.45, 7) is 0. The zero-order valence-electron chi connectivity index (χ0n) is 10.3. The lowest BCUT2D eigenvalue weighted by Gasteiger charge is -2.08. The van der Waals surface area contributed by atoms with Gasteiger partial charge in [0, 0.05) is 16.6 Å². The molecule has 11 heteroatoms. The maximum atomic E-state index is 12.7. The molecule has 0 spiro atoms. The summed E-state index contributed by atoms with van der Waals surface area (Å²) in [6.07, 6.45) is -4.76. The number of thiazole rings is 1. The second-order valence-electron chi connectivity index (χ2n) is 3.90. The monoisotopic (exact) mass is 395 g/mol. The molecule has 2 rings (SSSR count). The van der Waals surface area contributed by atoms with E-state index in [4.69, 9.17) is 0 Å². The van der Waals surface area contributed by atoms with Crippen LogP contribution >= 0.6 is 27.3 Å². The Morgan fingerprint density at radius 1 is 1.41 bits per heavy atom. The molecule has 0 atom stereocenters. The molecule has 22 heavy (non-hydrogen) atoms. The van der Waals surface area contributed by atoms with Crippen LogP contribution in [0, 0.1) is 10.1 Å². The number of non-ortho nitro benzene ring substituents is 1. The van der Waals surface area contributed by atoms with E-state index < -0.39 is 27.6 Å². The van der Waals surface area contributed by atoms with Crippen molar-refractivity contribution in [2.75, 3.05) is 5.32 Å². The Morgan fingerprint density at radius 2 is 2.09 bits per heavy atom. The Hall–Kier alpha value is -2.01. The first-order valence-electron chi connectivity index (χ1n) is 5.46. The first-order chi connectivity index (χ1) is 10.2. The minimum absolute atomic E-state index is 0.0132. The zero-order valence-corrected chi connectivity index (χ0v) is 12.8. The molecule has 1 amide bonds. The van der Waals surface area contributed by atoms with E-state index in [-0.39, 0.29) is 11.4 Å². The summed E-state index contributed by atoms with van der Waals surface area (Å²) in [5.41, 5.74) is -0.712. The number of amides is 1. The lowest BCUT2D eigenvalue weighted by atomic mass is 10.2. The molecule has 116 valence electrons. The number of hydrogen-bond acceptors (Lipinski definition) is 5. The summed E-state index contributed by atoms with van der Waals surface area (Å²) in [7, 11) is 0. The van der Waals surface area contributed by atoms with Crippen LogP contribution in [0.3, 0.4) is 0 Å². The third-order valence-electron chi connectivity index (χ3n) is 2.45. The summed E-state index contributed by atoms with van der Waals surface area (Å²) in [6, 6.07) is 3.54. The number of carbonyl (C=O) groups excluding carboxylic acids is 1. The quantitative estimate of drug-likeness (QED) is 0.626. The third-order valence-corrected chi connectivity index (χ3v) is 3.97. The number of rotatable bonds is 3. The molecule has 0 fully saturated rings. The molecule has 0 aliphatic carbocycles. The first-order valence-corrected chi connectivity index (χ1v) is 7.13. The van der Waals surface area contributed by atoms with Gasteiger partial charge in [-0.15, -0.1) is 11.3 Å². The maximum Gasteiger partial charge on any atom is 0.434 e. The normalized spacial score (nSPS) is 11.3. The molecule has 1 N–H and O–H groups in total. The summed E-state index contributed by atoms with van der Waals surface area (Å²) in [5.74, 6) is -1.05. The van der Waals surface area contributed by atoms with Crippen molar-refractivity contribution in [3.05, 3.63) is 48.9 Å². The maximum absolute atomic E-state index is 12.7. The SMILES string of the molecule is O=C(Nc1cc([N+](=O)[O-])ccc1Br)c1scnc1C(F)(F)F.